The van der Waals surface area contributed by atoms with Gasteiger partial charge in [0, 0.05) is 56.4 Å². The van der Waals surface area contributed by atoms with Crippen LogP contribution in [0.25, 0.3) is 10.7 Å². The average molecular weight is 542 g/mol. The molecule has 0 spiro atoms. The molecule has 0 atom stereocenters. The predicted octanol–water partition coefficient (Wildman–Crippen LogP) is 4.25. The van der Waals surface area contributed by atoms with Crippen LogP contribution in [-0.4, -0.2) is 41.7 Å². The van der Waals surface area contributed by atoms with Crippen LogP contribution >= 0.6 is 0 Å². The van der Waals surface area contributed by atoms with Crippen molar-refractivity contribution in [2.45, 2.75) is 12.7 Å². The molecule has 173 valence electrons. The molecule has 3 N–H and O–H groups in total. The fraction of sp³-hybridized carbons (Fsp3) is 0.136. The number of halogens is 3. The van der Waals surface area contributed by atoms with Crippen molar-refractivity contribution in [3.05, 3.63) is 81.4 Å². The van der Waals surface area contributed by atoms with Crippen LogP contribution in [-0.2, 0) is 45.4 Å². The standard InChI is InChI=1S/C22H19F3N7O.Y/c1-29-9-16(8-26)3-2-15-6-18(11-30-10-15)21(33)31-19-5-4-17(12-32(13-27)14-28)20(7-19)22(23,24)25;/h4-11,13-14,27-28H,12H2,1H3,(H2-,26,29,31,33);/q-1;/p-1. The van der Waals surface area contributed by atoms with Gasteiger partial charge >= 0.3 is 6.18 Å². The number of pyridine rings is 1. The van der Waals surface area contributed by atoms with Gasteiger partial charge in [0.15, 0.2) is 0 Å². The number of alkyl halides is 3. The summed E-state index contributed by atoms with van der Waals surface area (Å²) in [5.74, 6) is 4.65. The number of allylic oxidation sites excluding steroid dienone is 1. The molecule has 0 aliphatic carbocycles. The van der Waals surface area contributed by atoms with Gasteiger partial charge in [-0.2, -0.15) is 25.6 Å². The maximum atomic E-state index is 13.5. The smallest absolute Gasteiger partial charge is 0.416 e. The van der Waals surface area contributed by atoms with Crippen LogP contribution in [0, 0.1) is 22.7 Å². The van der Waals surface area contributed by atoms with E-state index < -0.39 is 17.6 Å². The van der Waals surface area contributed by atoms with Crippen LogP contribution in [0.15, 0.2) is 48.4 Å². The number of rotatable bonds is 8. The molecule has 1 aromatic heterocycles. The van der Waals surface area contributed by atoms with Gasteiger partial charge in [-0.25, -0.2) is 0 Å². The van der Waals surface area contributed by atoms with Crippen molar-refractivity contribution in [2.75, 3.05) is 12.4 Å². The largest absolute Gasteiger partial charge is 0.810 e. The van der Waals surface area contributed by atoms with Gasteiger partial charge < -0.3 is 20.9 Å². The van der Waals surface area contributed by atoms with Crippen LogP contribution in [0.5, 0.6) is 0 Å². The number of nitrogens with zero attached hydrogens (tertiary/aromatic N) is 4. The van der Waals surface area contributed by atoms with Crippen LogP contribution in [0.2, 0.25) is 0 Å². The second-order valence-electron chi connectivity index (χ2n) is 6.44. The number of carbonyl (C=O) groups excluding carboxylic acids is 1. The molecule has 0 bridgehead atoms. The first-order chi connectivity index (χ1) is 15.7. The molecule has 0 saturated heterocycles. The molecule has 0 aliphatic heterocycles. The summed E-state index contributed by atoms with van der Waals surface area (Å²) in [5.41, 5.74) is -0.597. The first-order valence-electron chi connectivity index (χ1n) is 9.23. The zero-order valence-corrected chi connectivity index (χ0v) is 20.7. The number of benzene rings is 1. The molecular weight excluding hydrogens is 524 g/mol. The quantitative estimate of drug-likeness (QED) is 0.262. The van der Waals surface area contributed by atoms with Crippen molar-refractivity contribution in [2.24, 2.45) is 0 Å². The van der Waals surface area contributed by atoms with Gasteiger partial charge in [0.1, 0.15) is 0 Å². The minimum atomic E-state index is -4.71. The van der Waals surface area contributed by atoms with E-state index in [-0.39, 0.29) is 61.6 Å². The van der Waals surface area contributed by atoms with Crippen molar-refractivity contribution in [1.82, 2.24) is 9.88 Å². The van der Waals surface area contributed by atoms with Gasteiger partial charge in [0.25, 0.3) is 5.91 Å². The predicted molar refractivity (Wildman–Crippen MR) is 120 cm³/mol. The molecule has 1 heterocycles. The molecule has 1 amide bonds. The molecule has 0 fully saturated rings. The Morgan fingerprint density at radius 2 is 1.97 bits per heavy atom. The maximum Gasteiger partial charge on any atom is 0.416 e. The number of anilines is 1. The topological polar surface area (TPSA) is 129 Å². The normalized spacial score (nSPS) is 10.6. The molecule has 8 nitrogen and oxygen atoms in total. The van der Waals surface area contributed by atoms with E-state index in [1.165, 1.54) is 43.8 Å². The van der Waals surface area contributed by atoms with Crippen LogP contribution in [0.3, 0.4) is 0 Å². The van der Waals surface area contributed by atoms with E-state index in [4.69, 9.17) is 16.2 Å². The summed E-state index contributed by atoms with van der Waals surface area (Å²) in [7, 11) is 1.51. The molecule has 12 heteroatoms. The summed E-state index contributed by atoms with van der Waals surface area (Å²) in [5, 5.41) is 29.5. The van der Waals surface area contributed by atoms with Crippen molar-refractivity contribution in [3.63, 3.8) is 0 Å². The van der Waals surface area contributed by atoms with Gasteiger partial charge in [0.2, 0.25) is 0 Å². The first kappa shape index (κ1) is 28.7. The number of hydrogen-bond acceptors (Lipinski definition) is 4. The third kappa shape index (κ3) is 8.21. The zero-order valence-electron chi connectivity index (χ0n) is 17.9. The van der Waals surface area contributed by atoms with Gasteiger partial charge in [-0.1, -0.05) is 17.9 Å². The van der Waals surface area contributed by atoms with E-state index in [0.29, 0.717) is 5.56 Å². The number of nitrogens with one attached hydrogen (secondary N) is 3. The SMILES string of the molecule is C[N-]/C=C(/C#Cc1cncc(C(=O)Nc2ccc(CN(C=N)C=N)c(C(F)(F)F)c2)c1)C=[N-].[Y]. The fourth-order valence-corrected chi connectivity index (χ4v) is 2.60. The zero-order chi connectivity index (χ0) is 24.4. The monoisotopic (exact) mass is 542 g/mol. The third-order valence-electron chi connectivity index (χ3n) is 4.12. The Morgan fingerprint density at radius 1 is 1.26 bits per heavy atom. The Bertz CT molecular complexity index is 1150. The maximum absolute atomic E-state index is 13.5. The van der Waals surface area contributed by atoms with E-state index >= 15 is 0 Å². The van der Waals surface area contributed by atoms with E-state index in [1.54, 1.807) is 0 Å². The molecule has 0 unspecified atom stereocenters. The molecule has 1 aromatic carbocycles. The van der Waals surface area contributed by atoms with Crippen LogP contribution in [0.1, 0.15) is 27.0 Å². The molecule has 0 aliphatic rings. The van der Waals surface area contributed by atoms with Crippen molar-refractivity contribution in [1.29, 1.82) is 10.8 Å². The molecule has 2 rings (SSSR count). The Kier molecular flexibility index (Phi) is 11.3. The van der Waals surface area contributed by atoms with Crippen LogP contribution < -0.4 is 5.32 Å². The molecule has 0 saturated carbocycles. The summed E-state index contributed by atoms with van der Waals surface area (Å²) < 4.78 is 40.6. The van der Waals surface area contributed by atoms with Crippen molar-refractivity contribution >= 4 is 30.5 Å². The van der Waals surface area contributed by atoms with Crippen LogP contribution in [0.4, 0.5) is 18.9 Å². The Labute approximate surface area is 219 Å². The number of hydrogen-bond donors (Lipinski definition) is 3. The first-order valence-corrected chi connectivity index (χ1v) is 9.23. The second-order valence-corrected chi connectivity index (χ2v) is 6.44. The Balaban J connectivity index is 0.00000578. The van der Waals surface area contributed by atoms with Crippen molar-refractivity contribution in [3.8, 4) is 11.8 Å². The molecule has 1 radical (unpaired) electrons. The molecular formula is C22H18F3N7OY-2. The van der Waals surface area contributed by atoms with E-state index in [9.17, 15) is 18.0 Å². The minimum absolute atomic E-state index is 0. The van der Waals surface area contributed by atoms with Gasteiger partial charge in [-0.3, -0.25) is 20.6 Å². The third-order valence-corrected chi connectivity index (χ3v) is 4.12. The number of aromatic nitrogens is 1. The molecule has 34 heavy (non-hydrogen) atoms. The molecule has 2 aromatic rings. The number of amides is 1. The summed E-state index contributed by atoms with van der Waals surface area (Å²) in [6, 6.07) is 4.67. The summed E-state index contributed by atoms with van der Waals surface area (Å²) in [6.07, 6.45) is 1.50. The van der Waals surface area contributed by atoms with E-state index in [0.717, 1.165) is 29.9 Å². The Morgan fingerprint density at radius 3 is 2.56 bits per heavy atom. The minimum Gasteiger partial charge on any atom is -0.810 e. The number of carbonyl (C=O) groups is 1. The second kappa shape index (κ2) is 13.4. The van der Waals surface area contributed by atoms with Gasteiger partial charge in [0.05, 0.1) is 30.3 Å². The van der Waals surface area contributed by atoms with Gasteiger partial charge in [-0.05, 0) is 29.3 Å². The Hall–Kier alpha value is -3.36. The van der Waals surface area contributed by atoms with Gasteiger partial charge in [-0.15, -0.1) is 7.05 Å². The van der Waals surface area contributed by atoms with E-state index in [2.05, 4.69) is 27.5 Å². The average Bonchev–Trinajstić information content (AvgIpc) is 2.80. The van der Waals surface area contributed by atoms with Crippen molar-refractivity contribution < 1.29 is 50.7 Å². The summed E-state index contributed by atoms with van der Waals surface area (Å²) >= 11 is 0. The summed E-state index contributed by atoms with van der Waals surface area (Å²) in [4.78, 5) is 17.4. The summed E-state index contributed by atoms with van der Waals surface area (Å²) in [6.45, 7) is -0.326. The van der Waals surface area contributed by atoms with E-state index in [1.807, 2.05) is 0 Å². The fourth-order valence-electron chi connectivity index (χ4n) is 2.60.